The lowest BCUT2D eigenvalue weighted by atomic mass is 10.0. The second kappa shape index (κ2) is 13.8. The summed E-state index contributed by atoms with van der Waals surface area (Å²) in [6, 6.07) is 72.2. The molecule has 0 fully saturated rings. The summed E-state index contributed by atoms with van der Waals surface area (Å²) >= 11 is 0. The van der Waals surface area contributed by atoms with Gasteiger partial charge in [0, 0.05) is 43.4 Å². The Morgan fingerprint density at radius 1 is 0.338 bits per heavy atom. The number of hydrogen-bond acceptors (Lipinski definition) is 5. The minimum Gasteiger partial charge on any atom is -0.456 e. The van der Waals surface area contributed by atoms with Gasteiger partial charge in [0.25, 0.3) is 0 Å². The van der Waals surface area contributed by atoms with Crippen molar-refractivity contribution < 1.29 is 8.83 Å². The number of hydrogen-bond donors (Lipinski definition) is 0. The van der Waals surface area contributed by atoms with E-state index < -0.39 is 0 Å². The zero-order valence-electron chi connectivity index (χ0n) is 34.7. The smallest absolute Gasteiger partial charge is 0.167 e. The van der Waals surface area contributed by atoms with Crippen LogP contribution in [0.4, 0.5) is 0 Å². The molecule has 4 aromatic heterocycles. The molecule has 0 aliphatic rings. The van der Waals surface area contributed by atoms with E-state index >= 15 is 0 Å². The summed E-state index contributed by atoms with van der Waals surface area (Å²) < 4.78 is 15.8. The zero-order chi connectivity index (χ0) is 42.6. The van der Waals surface area contributed by atoms with Crippen LogP contribution >= 0.6 is 0 Å². The fraction of sp³-hybridized carbons (Fsp3) is 0. The molecular formula is C59H34N4O2. The molecule has 0 bridgehead atoms. The van der Waals surface area contributed by atoms with E-state index in [0.29, 0.717) is 23.1 Å². The molecule has 0 aliphatic heterocycles. The molecule has 14 aromatic rings. The largest absolute Gasteiger partial charge is 0.456 e. The van der Waals surface area contributed by atoms with Crippen LogP contribution in [0.2, 0.25) is 0 Å². The fourth-order valence-electron chi connectivity index (χ4n) is 9.95. The highest BCUT2D eigenvalue weighted by atomic mass is 16.3. The van der Waals surface area contributed by atoms with Gasteiger partial charge in [0.15, 0.2) is 17.5 Å². The molecule has 0 saturated carbocycles. The third-order valence-electron chi connectivity index (χ3n) is 13.0. The topological polar surface area (TPSA) is 69.9 Å². The van der Waals surface area contributed by atoms with Gasteiger partial charge in [-0.2, -0.15) is 0 Å². The molecule has 65 heavy (non-hydrogen) atoms. The summed E-state index contributed by atoms with van der Waals surface area (Å²) in [6.07, 6.45) is 0. The van der Waals surface area contributed by atoms with Crippen molar-refractivity contribution >= 4 is 87.2 Å². The zero-order valence-corrected chi connectivity index (χ0v) is 34.7. The van der Waals surface area contributed by atoms with Crippen LogP contribution in [-0.2, 0) is 0 Å². The fourth-order valence-corrected chi connectivity index (χ4v) is 9.95. The third-order valence-corrected chi connectivity index (χ3v) is 13.0. The molecule has 0 aliphatic carbocycles. The first-order valence-electron chi connectivity index (χ1n) is 21.8. The van der Waals surface area contributed by atoms with Crippen LogP contribution in [-0.4, -0.2) is 19.5 Å². The van der Waals surface area contributed by atoms with Crippen LogP contribution in [0.5, 0.6) is 0 Å². The average molecular weight is 831 g/mol. The molecule has 0 spiro atoms. The third kappa shape index (κ3) is 5.51. The van der Waals surface area contributed by atoms with E-state index in [2.05, 4.69) is 168 Å². The van der Waals surface area contributed by atoms with Crippen molar-refractivity contribution in [1.29, 1.82) is 0 Å². The van der Waals surface area contributed by atoms with Gasteiger partial charge in [-0.3, -0.25) is 0 Å². The maximum Gasteiger partial charge on any atom is 0.167 e. The van der Waals surface area contributed by atoms with Crippen LogP contribution < -0.4 is 0 Å². The standard InChI is InChI=1S/C59H34N4O2/c1-2-12-35(13-3-1)36-22-24-38(25-23-36)57-60-58(41-27-28-44-43-18-8-10-20-51(43)64-53(44)34-41)62-59(61-57)47-30-31-49(54-46-19-9-11-21-52(46)65-56(47)54)63-50-33-40-16-5-4-15-39(40)32-48(50)45-29-26-37-14-6-7-17-42(37)55(45)63/h1-34H. The molecule has 6 heteroatoms. The van der Waals surface area contributed by atoms with Crippen LogP contribution in [0.3, 0.4) is 0 Å². The second-order valence-electron chi connectivity index (χ2n) is 16.7. The molecule has 0 amide bonds. The van der Waals surface area contributed by atoms with E-state index in [4.69, 9.17) is 23.8 Å². The first kappa shape index (κ1) is 35.7. The van der Waals surface area contributed by atoms with Crippen molar-refractivity contribution in [2.24, 2.45) is 0 Å². The predicted octanol–water partition coefficient (Wildman–Crippen LogP) is 15.7. The van der Waals surface area contributed by atoms with Crippen molar-refractivity contribution in [3.05, 3.63) is 206 Å². The lowest BCUT2D eigenvalue weighted by molar-refractivity contribution is 0.668. The second-order valence-corrected chi connectivity index (χ2v) is 16.7. The molecule has 302 valence electrons. The van der Waals surface area contributed by atoms with E-state index in [1.54, 1.807) is 0 Å². The van der Waals surface area contributed by atoms with Crippen LogP contribution in [0, 0.1) is 0 Å². The van der Waals surface area contributed by atoms with Crippen molar-refractivity contribution in [3.8, 4) is 51.0 Å². The monoisotopic (exact) mass is 830 g/mol. The lowest BCUT2D eigenvalue weighted by Gasteiger charge is -2.14. The minimum absolute atomic E-state index is 0.510. The van der Waals surface area contributed by atoms with Gasteiger partial charge >= 0.3 is 0 Å². The Hall–Kier alpha value is -8.87. The number of nitrogens with zero attached hydrogens (tertiary/aromatic N) is 4. The highest BCUT2D eigenvalue weighted by molar-refractivity contribution is 6.23. The Balaban J connectivity index is 1.04. The SMILES string of the molecule is c1ccc(-c2ccc(-c3nc(-c4ccc5c(c4)oc4ccccc45)nc(-c4ccc(-n5c6cc7ccccc7cc6c6ccc7ccccc7c65)c5c4oc4ccccc45)n3)cc2)cc1. The molecule has 0 atom stereocenters. The molecule has 0 N–H and O–H groups in total. The van der Waals surface area contributed by atoms with Crippen molar-refractivity contribution in [1.82, 2.24) is 19.5 Å². The molecule has 4 heterocycles. The Bertz CT molecular complexity index is 4240. The Kier molecular flexibility index (Phi) is 7.59. The first-order chi connectivity index (χ1) is 32.2. The van der Waals surface area contributed by atoms with E-state index in [1.807, 2.05) is 42.5 Å². The summed E-state index contributed by atoms with van der Waals surface area (Å²) in [5.74, 6) is 1.60. The highest BCUT2D eigenvalue weighted by Crippen LogP contribution is 2.45. The van der Waals surface area contributed by atoms with E-state index in [1.165, 1.54) is 32.3 Å². The van der Waals surface area contributed by atoms with Gasteiger partial charge in [-0.05, 0) is 75.8 Å². The summed E-state index contributed by atoms with van der Waals surface area (Å²) in [5.41, 5.74) is 11.1. The van der Waals surface area contributed by atoms with E-state index in [-0.39, 0.29) is 0 Å². The van der Waals surface area contributed by atoms with Gasteiger partial charge < -0.3 is 13.4 Å². The van der Waals surface area contributed by atoms with Crippen LogP contribution in [0.25, 0.3) is 138 Å². The quantitative estimate of drug-likeness (QED) is 0.173. The maximum atomic E-state index is 6.98. The number of furan rings is 2. The molecule has 0 saturated heterocycles. The van der Waals surface area contributed by atoms with Crippen molar-refractivity contribution in [2.75, 3.05) is 0 Å². The van der Waals surface area contributed by atoms with Crippen LogP contribution in [0.15, 0.2) is 215 Å². The highest BCUT2D eigenvalue weighted by Gasteiger charge is 2.24. The van der Waals surface area contributed by atoms with Crippen molar-refractivity contribution in [3.63, 3.8) is 0 Å². The molecule has 14 rings (SSSR count). The number of fused-ring (bicyclic) bond motifs is 12. The van der Waals surface area contributed by atoms with Crippen molar-refractivity contribution in [2.45, 2.75) is 0 Å². The van der Waals surface area contributed by atoms with Gasteiger partial charge in [0.1, 0.15) is 22.3 Å². The van der Waals surface area contributed by atoms with E-state index in [0.717, 1.165) is 82.8 Å². The predicted molar refractivity (Wildman–Crippen MR) is 265 cm³/mol. The van der Waals surface area contributed by atoms with Gasteiger partial charge in [-0.15, -0.1) is 0 Å². The Labute approximate surface area is 371 Å². The average Bonchev–Trinajstić information content (AvgIpc) is 4.05. The maximum absolute atomic E-state index is 6.98. The van der Waals surface area contributed by atoms with Gasteiger partial charge in [-0.1, -0.05) is 158 Å². The number of rotatable bonds is 5. The summed E-state index contributed by atoms with van der Waals surface area (Å²) in [6.45, 7) is 0. The lowest BCUT2D eigenvalue weighted by Crippen LogP contribution is -2.01. The normalized spacial score (nSPS) is 12.0. The van der Waals surface area contributed by atoms with Crippen LogP contribution in [0.1, 0.15) is 0 Å². The summed E-state index contributed by atoms with van der Waals surface area (Å²) in [7, 11) is 0. The molecule has 0 unspecified atom stereocenters. The minimum atomic E-state index is 0.510. The Morgan fingerprint density at radius 3 is 1.74 bits per heavy atom. The number of benzene rings is 10. The summed E-state index contributed by atoms with van der Waals surface area (Å²) in [4.78, 5) is 15.7. The Morgan fingerprint density at radius 2 is 0.923 bits per heavy atom. The van der Waals surface area contributed by atoms with Gasteiger partial charge in [0.05, 0.1) is 27.7 Å². The molecule has 0 radical (unpaired) electrons. The first-order valence-corrected chi connectivity index (χ1v) is 21.8. The number of para-hydroxylation sites is 2. The van der Waals surface area contributed by atoms with Gasteiger partial charge in [0.2, 0.25) is 0 Å². The molecule has 6 nitrogen and oxygen atoms in total. The number of aromatic nitrogens is 4. The van der Waals surface area contributed by atoms with Gasteiger partial charge in [-0.25, -0.2) is 15.0 Å². The molecular weight excluding hydrogens is 797 g/mol. The van der Waals surface area contributed by atoms with E-state index in [9.17, 15) is 0 Å². The summed E-state index contributed by atoms with van der Waals surface area (Å²) in [5, 5.41) is 11.2. The molecule has 10 aromatic carbocycles.